The second-order valence-corrected chi connectivity index (χ2v) is 10.1. The molecule has 10 heteroatoms. The second kappa shape index (κ2) is 11.9. The number of carbonyl (C=O) groups excluding carboxylic acids is 2. The molecule has 0 aliphatic carbocycles. The van der Waals surface area contributed by atoms with Gasteiger partial charge in [-0.15, -0.1) is 0 Å². The quantitative estimate of drug-likeness (QED) is 0.485. The van der Waals surface area contributed by atoms with E-state index in [0.29, 0.717) is 10.8 Å². The number of benzene rings is 2. The first-order valence-corrected chi connectivity index (χ1v) is 12.8. The predicted octanol–water partition coefficient (Wildman–Crippen LogP) is 3.37. The zero-order chi connectivity index (χ0) is 25.5. The van der Waals surface area contributed by atoms with Crippen LogP contribution < -0.4 is 9.62 Å². The number of amides is 2. The third-order valence-corrected chi connectivity index (χ3v) is 6.44. The highest BCUT2D eigenvalue weighted by atomic mass is 32.2. The van der Waals surface area contributed by atoms with Crippen LogP contribution in [0, 0.1) is 18.6 Å². The van der Waals surface area contributed by atoms with Gasteiger partial charge in [-0.1, -0.05) is 43.2 Å². The highest BCUT2D eigenvalue weighted by molar-refractivity contribution is 7.92. The summed E-state index contributed by atoms with van der Waals surface area (Å²) in [6, 6.07) is 9.09. The Morgan fingerprint density at radius 1 is 1.09 bits per heavy atom. The van der Waals surface area contributed by atoms with E-state index in [1.807, 2.05) is 32.0 Å². The Bertz CT molecular complexity index is 1120. The third-order valence-electron chi connectivity index (χ3n) is 5.30. The van der Waals surface area contributed by atoms with Gasteiger partial charge in [0.15, 0.2) is 11.6 Å². The molecule has 0 heterocycles. The summed E-state index contributed by atoms with van der Waals surface area (Å²) in [4.78, 5) is 27.4. The number of halogens is 2. The van der Waals surface area contributed by atoms with Gasteiger partial charge < -0.3 is 10.2 Å². The molecule has 2 rings (SSSR count). The Morgan fingerprint density at radius 2 is 1.79 bits per heavy atom. The van der Waals surface area contributed by atoms with Crippen LogP contribution in [0.15, 0.2) is 42.5 Å². The molecule has 2 amide bonds. The van der Waals surface area contributed by atoms with Crippen LogP contribution in [0.25, 0.3) is 0 Å². The van der Waals surface area contributed by atoms with Gasteiger partial charge in [-0.25, -0.2) is 17.2 Å². The van der Waals surface area contributed by atoms with Crippen molar-refractivity contribution < 1.29 is 26.8 Å². The summed E-state index contributed by atoms with van der Waals surface area (Å²) in [5, 5.41) is 2.79. The van der Waals surface area contributed by atoms with Crippen molar-refractivity contribution in [3.05, 3.63) is 65.2 Å². The van der Waals surface area contributed by atoms with Crippen molar-refractivity contribution in [2.45, 2.75) is 46.2 Å². The van der Waals surface area contributed by atoms with Gasteiger partial charge in [0.25, 0.3) is 0 Å². The number of rotatable bonds is 11. The molecule has 2 aromatic rings. The molecule has 0 aromatic heterocycles. The molecule has 186 valence electrons. The minimum atomic E-state index is -4.02. The van der Waals surface area contributed by atoms with Crippen LogP contribution in [0.3, 0.4) is 0 Å². The van der Waals surface area contributed by atoms with E-state index in [4.69, 9.17) is 0 Å². The first kappa shape index (κ1) is 27.2. The van der Waals surface area contributed by atoms with E-state index in [9.17, 15) is 26.8 Å². The fourth-order valence-corrected chi connectivity index (χ4v) is 4.22. The Labute approximate surface area is 199 Å². The fraction of sp³-hybridized carbons (Fsp3) is 0.417. The summed E-state index contributed by atoms with van der Waals surface area (Å²) in [7, 11) is -4.02. The van der Waals surface area contributed by atoms with Gasteiger partial charge in [-0.2, -0.15) is 0 Å². The molecular weight excluding hydrogens is 464 g/mol. The smallest absolute Gasteiger partial charge is 0.244 e. The largest absolute Gasteiger partial charge is 0.354 e. The van der Waals surface area contributed by atoms with Gasteiger partial charge in [0.2, 0.25) is 21.8 Å². The van der Waals surface area contributed by atoms with Gasteiger partial charge in [0.05, 0.1) is 11.9 Å². The molecule has 7 nitrogen and oxygen atoms in total. The van der Waals surface area contributed by atoms with E-state index >= 15 is 0 Å². The number of unbranched alkanes of at least 4 members (excludes halogenated alkanes) is 1. The van der Waals surface area contributed by atoms with Crippen molar-refractivity contribution in [1.82, 2.24) is 10.2 Å². The standard InChI is InChI=1S/C24H31F2N3O4S/c1-5-6-12-27-24(31)18(3)28(15-19-9-7-8-17(2)13-19)23(30)16-29(34(4,32)33)20-10-11-21(25)22(26)14-20/h7-11,13-14,18H,5-6,12,15-16H2,1-4H3,(H,27,31)/t18-/m0/s1. The van der Waals surface area contributed by atoms with Crippen molar-refractivity contribution in [2.75, 3.05) is 23.7 Å². The Balaban J connectivity index is 2.37. The zero-order valence-electron chi connectivity index (χ0n) is 19.8. The maximum Gasteiger partial charge on any atom is 0.244 e. The van der Waals surface area contributed by atoms with Crippen molar-refractivity contribution >= 4 is 27.5 Å². The summed E-state index contributed by atoms with van der Waals surface area (Å²) in [5.74, 6) is -3.40. The first-order valence-electron chi connectivity index (χ1n) is 11.0. The van der Waals surface area contributed by atoms with E-state index in [1.54, 1.807) is 13.0 Å². The minimum Gasteiger partial charge on any atom is -0.354 e. The van der Waals surface area contributed by atoms with E-state index < -0.39 is 40.2 Å². The maximum atomic E-state index is 13.8. The lowest BCUT2D eigenvalue weighted by atomic mass is 10.1. The molecule has 0 unspecified atom stereocenters. The van der Waals surface area contributed by atoms with E-state index in [1.165, 1.54) is 4.90 Å². The number of nitrogens with zero attached hydrogens (tertiary/aromatic N) is 2. The van der Waals surface area contributed by atoms with Crippen LogP contribution in [0.4, 0.5) is 14.5 Å². The molecule has 0 saturated heterocycles. The van der Waals surface area contributed by atoms with E-state index in [2.05, 4.69) is 5.32 Å². The zero-order valence-corrected chi connectivity index (χ0v) is 20.7. The van der Waals surface area contributed by atoms with Crippen molar-refractivity contribution in [3.8, 4) is 0 Å². The van der Waals surface area contributed by atoms with Crippen LogP contribution >= 0.6 is 0 Å². The third kappa shape index (κ3) is 7.51. The molecule has 0 aliphatic rings. The minimum absolute atomic E-state index is 0.0677. The molecular formula is C24H31F2N3O4S. The van der Waals surface area contributed by atoms with Crippen LogP contribution in [0.5, 0.6) is 0 Å². The summed E-state index contributed by atoms with van der Waals surface area (Å²) in [6.45, 7) is 5.29. The number of sulfonamides is 1. The summed E-state index contributed by atoms with van der Waals surface area (Å²) < 4.78 is 52.7. The van der Waals surface area contributed by atoms with E-state index in [0.717, 1.165) is 48.4 Å². The first-order chi connectivity index (χ1) is 15.9. The lowest BCUT2D eigenvalue weighted by Gasteiger charge is -2.31. The molecule has 1 atom stereocenters. The molecule has 0 fully saturated rings. The van der Waals surface area contributed by atoms with Gasteiger partial charge >= 0.3 is 0 Å². The number of anilines is 1. The van der Waals surface area contributed by atoms with Gasteiger partial charge in [-0.05, 0) is 38.0 Å². The molecule has 2 aromatic carbocycles. The van der Waals surface area contributed by atoms with Gasteiger partial charge in [-0.3, -0.25) is 13.9 Å². The number of hydrogen-bond donors (Lipinski definition) is 1. The highest BCUT2D eigenvalue weighted by Gasteiger charge is 2.30. The monoisotopic (exact) mass is 495 g/mol. The van der Waals surface area contributed by atoms with Gasteiger partial charge in [0, 0.05) is 19.2 Å². The Hall–Kier alpha value is -3.01. The second-order valence-electron chi connectivity index (χ2n) is 8.20. The lowest BCUT2D eigenvalue weighted by molar-refractivity contribution is -0.139. The van der Waals surface area contributed by atoms with Crippen molar-refractivity contribution in [2.24, 2.45) is 0 Å². The maximum absolute atomic E-state index is 13.8. The summed E-state index contributed by atoms with van der Waals surface area (Å²) in [5.41, 5.74) is 1.54. The van der Waals surface area contributed by atoms with Crippen LogP contribution in [0.1, 0.15) is 37.8 Å². The SMILES string of the molecule is CCCCNC(=O)[C@H](C)N(Cc1cccc(C)c1)C(=O)CN(c1ccc(F)c(F)c1)S(C)(=O)=O. The van der Waals surface area contributed by atoms with Crippen LogP contribution in [-0.2, 0) is 26.2 Å². The molecule has 34 heavy (non-hydrogen) atoms. The molecule has 0 saturated carbocycles. The van der Waals surface area contributed by atoms with Crippen molar-refractivity contribution in [3.63, 3.8) is 0 Å². The average molecular weight is 496 g/mol. The van der Waals surface area contributed by atoms with Crippen LogP contribution in [-0.4, -0.2) is 50.5 Å². The lowest BCUT2D eigenvalue weighted by Crippen LogP contribution is -2.51. The molecule has 1 N–H and O–H groups in total. The highest BCUT2D eigenvalue weighted by Crippen LogP contribution is 2.21. The van der Waals surface area contributed by atoms with Crippen LogP contribution in [0.2, 0.25) is 0 Å². The van der Waals surface area contributed by atoms with Gasteiger partial charge in [0.1, 0.15) is 12.6 Å². The predicted molar refractivity (Wildman–Crippen MR) is 128 cm³/mol. The molecule has 0 aliphatic heterocycles. The van der Waals surface area contributed by atoms with Crippen molar-refractivity contribution in [1.29, 1.82) is 0 Å². The number of carbonyl (C=O) groups is 2. The Morgan fingerprint density at radius 3 is 2.38 bits per heavy atom. The average Bonchev–Trinajstić information content (AvgIpc) is 2.76. The number of nitrogens with one attached hydrogen (secondary N) is 1. The molecule has 0 bridgehead atoms. The fourth-order valence-electron chi connectivity index (χ4n) is 3.38. The normalized spacial score (nSPS) is 12.2. The summed E-state index contributed by atoms with van der Waals surface area (Å²) in [6.07, 6.45) is 2.54. The van der Waals surface area contributed by atoms with E-state index in [-0.39, 0.29) is 18.1 Å². The number of aryl methyl sites for hydroxylation is 1. The summed E-state index contributed by atoms with van der Waals surface area (Å²) >= 11 is 0. The number of hydrogen-bond acceptors (Lipinski definition) is 4. The Kier molecular flexibility index (Phi) is 9.55. The molecule has 0 radical (unpaired) electrons. The topological polar surface area (TPSA) is 86.8 Å². The molecule has 0 spiro atoms.